The molecule has 2 nitrogen and oxygen atoms in total. The van der Waals surface area contributed by atoms with E-state index in [4.69, 9.17) is 4.74 Å². The second kappa shape index (κ2) is 8.40. The molecule has 0 amide bonds. The Kier molecular flexibility index (Phi) is 6.85. The lowest BCUT2D eigenvalue weighted by Crippen LogP contribution is -2.30. The molecule has 2 rings (SSSR count). The predicted octanol–water partition coefficient (Wildman–Crippen LogP) is 5.42. The zero-order valence-electron chi connectivity index (χ0n) is 12.1. The number of hydrogen-bond acceptors (Lipinski definition) is 2. The van der Waals surface area contributed by atoms with E-state index >= 15 is 0 Å². The van der Waals surface area contributed by atoms with Crippen molar-refractivity contribution in [3.05, 3.63) is 26.6 Å². The number of ether oxygens (including phenoxy) is 1. The van der Waals surface area contributed by atoms with E-state index in [2.05, 4.69) is 56.2 Å². The Morgan fingerprint density at radius 2 is 1.95 bits per heavy atom. The van der Waals surface area contributed by atoms with Crippen molar-refractivity contribution < 1.29 is 4.74 Å². The van der Waals surface area contributed by atoms with Crippen molar-refractivity contribution in [3.8, 4) is 5.75 Å². The second-order valence-corrected chi connectivity index (χ2v) is 7.21. The van der Waals surface area contributed by atoms with Crippen LogP contribution in [0.2, 0.25) is 0 Å². The van der Waals surface area contributed by atoms with E-state index in [1.54, 1.807) is 0 Å². The van der Waals surface area contributed by atoms with Crippen LogP contribution in [0.15, 0.2) is 21.1 Å². The van der Waals surface area contributed by atoms with Gasteiger partial charge in [0.2, 0.25) is 0 Å². The van der Waals surface area contributed by atoms with Gasteiger partial charge < -0.3 is 10.1 Å². The highest BCUT2D eigenvalue weighted by molar-refractivity contribution is 9.11. The highest BCUT2D eigenvalue weighted by Crippen LogP contribution is 2.33. The van der Waals surface area contributed by atoms with Gasteiger partial charge in [0.1, 0.15) is 5.75 Å². The molecule has 1 aliphatic rings. The maximum Gasteiger partial charge on any atom is 0.138 e. The van der Waals surface area contributed by atoms with Crippen molar-refractivity contribution in [2.45, 2.75) is 58.0 Å². The van der Waals surface area contributed by atoms with Gasteiger partial charge in [-0.15, -0.1) is 0 Å². The van der Waals surface area contributed by atoms with Crippen LogP contribution in [-0.4, -0.2) is 12.6 Å². The lowest BCUT2D eigenvalue weighted by atomic mass is 9.95. The van der Waals surface area contributed by atoms with Crippen LogP contribution < -0.4 is 10.1 Å². The third kappa shape index (κ3) is 4.74. The molecular formula is C16H23Br2NO. The molecule has 0 aromatic heterocycles. The molecule has 4 heteroatoms. The Hall–Kier alpha value is -0.0600. The summed E-state index contributed by atoms with van der Waals surface area (Å²) >= 11 is 7.18. The summed E-state index contributed by atoms with van der Waals surface area (Å²) in [6.07, 6.45) is 7.75. The maximum absolute atomic E-state index is 5.90. The van der Waals surface area contributed by atoms with E-state index < -0.39 is 0 Å². The molecule has 0 radical (unpaired) electrons. The van der Waals surface area contributed by atoms with Crippen molar-refractivity contribution in [1.29, 1.82) is 0 Å². The van der Waals surface area contributed by atoms with Crippen molar-refractivity contribution in [2.24, 2.45) is 0 Å². The molecule has 0 saturated heterocycles. The van der Waals surface area contributed by atoms with E-state index in [0.717, 1.165) is 34.3 Å². The van der Waals surface area contributed by atoms with Crippen LogP contribution in [-0.2, 0) is 6.54 Å². The molecule has 1 aromatic rings. The average Bonchev–Trinajstić information content (AvgIpc) is 2.45. The Bertz CT molecular complexity index is 431. The molecular weight excluding hydrogens is 382 g/mol. The second-order valence-electron chi connectivity index (χ2n) is 5.44. The fourth-order valence-electron chi connectivity index (χ4n) is 2.67. The molecule has 0 heterocycles. The fraction of sp³-hybridized carbons (Fsp3) is 0.625. The van der Waals surface area contributed by atoms with E-state index in [1.165, 1.54) is 37.7 Å². The van der Waals surface area contributed by atoms with Gasteiger partial charge in [-0.05, 0) is 47.3 Å². The van der Waals surface area contributed by atoms with Crippen LogP contribution in [0.5, 0.6) is 5.75 Å². The molecule has 1 saturated carbocycles. The van der Waals surface area contributed by atoms with E-state index in [0.29, 0.717) is 6.04 Å². The first kappa shape index (κ1) is 16.3. The van der Waals surface area contributed by atoms with Crippen molar-refractivity contribution in [3.63, 3.8) is 0 Å². The van der Waals surface area contributed by atoms with Gasteiger partial charge in [-0.3, -0.25) is 0 Å². The quantitative estimate of drug-likeness (QED) is 0.683. The SMILES string of the molecule is CCCOc1c(Br)cc(Br)cc1CNC1CCCCC1. The maximum atomic E-state index is 5.90. The van der Waals surface area contributed by atoms with Crippen molar-refractivity contribution in [2.75, 3.05) is 6.61 Å². The van der Waals surface area contributed by atoms with Crippen LogP contribution in [0.3, 0.4) is 0 Å². The summed E-state index contributed by atoms with van der Waals surface area (Å²) in [5.74, 6) is 0.985. The van der Waals surface area contributed by atoms with Crippen LogP contribution in [0, 0.1) is 0 Å². The third-order valence-electron chi connectivity index (χ3n) is 3.72. The van der Waals surface area contributed by atoms with E-state index in [-0.39, 0.29) is 0 Å². The molecule has 20 heavy (non-hydrogen) atoms. The highest BCUT2D eigenvalue weighted by atomic mass is 79.9. The first-order valence-corrected chi connectivity index (χ1v) is 9.13. The minimum Gasteiger partial charge on any atom is -0.492 e. The fourth-order valence-corrected chi connectivity index (χ4v) is 4.10. The molecule has 1 aromatic carbocycles. The molecule has 1 N–H and O–H groups in total. The summed E-state index contributed by atoms with van der Waals surface area (Å²) in [6, 6.07) is 4.88. The molecule has 0 atom stereocenters. The first-order valence-electron chi connectivity index (χ1n) is 7.54. The van der Waals surface area contributed by atoms with E-state index in [1.807, 2.05) is 0 Å². The van der Waals surface area contributed by atoms with Crippen LogP contribution in [0.4, 0.5) is 0 Å². The normalized spacial score (nSPS) is 16.4. The summed E-state index contributed by atoms with van der Waals surface area (Å²) in [5, 5.41) is 3.69. The summed E-state index contributed by atoms with van der Waals surface area (Å²) in [6.45, 7) is 3.77. The number of hydrogen-bond donors (Lipinski definition) is 1. The van der Waals surface area contributed by atoms with Crippen LogP contribution in [0.25, 0.3) is 0 Å². The smallest absolute Gasteiger partial charge is 0.138 e. The Balaban J connectivity index is 2.03. The van der Waals surface area contributed by atoms with Gasteiger partial charge in [0.25, 0.3) is 0 Å². The molecule has 1 fully saturated rings. The Labute approximate surface area is 138 Å². The molecule has 112 valence electrons. The average molecular weight is 405 g/mol. The van der Waals surface area contributed by atoms with Gasteiger partial charge in [0, 0.05) is 22.6 Å². The zero-order valence-corrected chi connectivity index (χ0v) is 15.2. The third-order valence-corrected chi connectivity index (χ3v) is 4.77. The summed E-state index contributed by atoms with van der Waals surface area (Å²) in [5.41, 5.74) is 1.23. The summed E-state index contributed by atoms with van der Waals surface area (Å²) in [4.78, 5) is 0. The number of halogens is 2. The predicted molar refractivity (Wildman–Crippen MR) is 91.3 cm³/mol. The number of rotatable bonds is 6. The first-order chi connectivity index (χ1) is 9.70. The number of benzene rings is 1. The number of nitrogens with one attached hydrogen (secondary N) is 1. The molecule has 0 spiro atoms. The van der Waals surface area contributed by atoms with Gasteiger partial charge >= 0.3 is 0 Å². The lowest BCUT2D eigenvalue weighted by Gasteiger charge is -2.23. The van der Waals surface area contributed by atoms with Crippen LogP contribution >= 0.6 is 31.9 Å². The zero-order chi connectivity index (χ0) is 14.4. The lowest BCUT2D eigenvalue weighted by molar-refractivity contribution is 0.308. The summed E-state index contributed by atoms with van der Waals surface area (Å²) in [7, 11) is 0. The Morgan fingerprint density at radius 1 is 1.20 bits per heavy atom. The monoisotopic (exact) mass is 403 g/mol. The molecule has 0 bridgehead atoms. The highest BCUT2D eigenvalue weighted by Gasteiger charge is 2.15. The van der Waals surface area contributed by atoms with Gasteiger partial charge in [0.05, 0.1) is 11.1 Å². The molecule has 0 unspecified atom stereocenters. The van der Waals surface area contributed by atoms with Gasteiger partial charge in [0.15, 0.2) is 0 Å². The van der Waals surface area contributed by atoms with Gasteiger partial charge in [-0.1, -0.05) is 42.1 Å². The molecule has 0 aliphatic heterocycles. The van der Waals surface area contributed by atoms with Crippen molar-refractivity contribution >= 4 is 31.9 Å². The van der Waals surface area contributed by atoms with Crippen molar-refractivity contribution in [1.82, 2.24) is 5.32 Å². The van der Waals surface area contributed by atoms with Crippen LogP contribution in [0.1, 0.15) is 51.0 Å². The topological polar surface area (TPSA) is 21.3 Å². The summed E-state index contributed by atoms with van der Waals surface area (Å²) < 4.78 is 8.02. The molecule has 1 aliphatic carbocycles. The largest absolute Gasteiger partial charge is 0.492 e. The Morgan fingerprint density at radius 3 is 2.65 bits per heavy atom. The standard InChI is InChI=1S/C16H23Br2NO/c1-2-8-20-16-12(9-13(17)10-15(16)18)11-19-14-6-4-3-5-7-14/h9-10,14,19H,2-8,11H2,1H3. The minimum atomic E-state index is 0.667. The minimum absolute atomic E-state index is 0.667. The van der Waals surface area contributed by atoms with Gasteiger partial charge in [-0.25, -0.2) is 0 Å². The van der Waals surface area contributed by atoms with E-state index in [9.17, 15) is 0 Å². The van der Waals surface area contributed by atoms with Gasteiger partial charge in [-0.2, -0.15) is 0 Å².